The van der Waals surface area contributed by atoms with Crippen LogP contribution in [0.2, 0.25) is 5.02 Å². The lowest BCUT2D eigenvalue weighted by atomic mass is 10.1. The zero-order chi connectivity index (χ0) is 17.5. The normalized spacial score (nSPS) is 21.9. The van der Waals surface area contributed by atoms with E-state index in [0.717, 1.165) is 4.90 Å². The molecule has 0 aromatic heterocycles. The van der Waals surface area contributed by atoms with E-state index < -0.39 is 27.7 Å². The largest absolute Gasteiger partial charge is 0.352 e. The molecule has 0 aliphatic carbocycles. The number of benzene rings is 1. The van der Waals surface area contributed by atoms with Gasteiger partial charge in [-0.15, -0.1) is 0 Å². The average Bonchev–Trinajstić information content (AvgIpc) is 2.96. The smallest absolute Gasteiger partial charge is 0.263 e. The minimum Gasteiger partial charge on any atom is -0.352 e. The van der Waals surface area contributed by atoms with Crippen molar-refractivity contribution in [3.8, 4) is 0 Å². The Hall–Kier alpha value is -1.93. The fourth-order valence-corrected chi connectivity index (χ4v) is 4.85. The summed E-state index contributed by atoms with van der Waals surface area (Å²) in [5.41, 5.74) is 0.390. The zero-order valence-corrected chi connectivity index (χ0v) is 14.2. The van der Waals surface area contributed by atoms with Crippen molar-refractivity contribution in [3.63, 3.8) is 0 Å². The first-order valence-corrected chi connectivity index (χ1v) is 9.63. The van der Waals surface area contributed by atoms with E-state index in [1.54, 1.807) is 6.07 Å². The van der Waals surface area contributed by atoms with Crippen molar-refractivity contribution < 1.29 is 22.8 Å². The summed E-state index contributed by atoms with van der Waals surface area (Å²) in [6, 6.07) is 4.23. The number of halogens is 1. The van der Waals surface area contributed by atoms with E-state index in [0.29, 0.717) is 6.42 Å². The van der Waals surface area contributed by atoms with Gasteiger partial charge in [0.15, 0.2) is 9.84 Å². The van der Waals surface area contributed by atoms with Gasteiger partial charge in [0, 0.05) is 19.0 Å². The second kappa shape index (κ2) is 6.18. The van der Waals surface area contributed by atoms with Crippen molar-refractivity contribution in [2.75, 3.05) is 18.1 Å². The van der Waals surface area contributed by atoms with Crippen molar-refractivity contribution in [2.45, 2.75) is 18.9 Å². The highest BCUT2D eigenvalue weighted by Crippen LogP contribution is 2.29. The van der Waals surface area contributed by atoms with E-state index in [1.165, 1.54) is 12.1 Å². The molecule has 24 heavy (non-hydrogen) atoms. The fourth-order valence-electron chi connectivity index (χ4n) is 2.92. The van der Waals surface area contributed by atoms with Crippen LogP contribution in [0.5, 0.6) is 0 Å². The lowest BCUT2D eigenvalue weighted by Crippen LogP contribution is -2.39. The highest BCUT2D eigenvalue weighted by Gasteiger charge is 2.37. The van der Waals surface area contributed by atoms with Gasteiger partial charge in [-0.25, -0.2) is 8.42 Å². The molecule has 1 atom stereocenters. The first-order chi connectivity index (χ1) is 11.3. The molecule has 3 rings (SSSR count). The summed E-state index contributed by atoms with van der Waals surface area (Å²) in [4.78, 5) is 37.4. The molecule has 2 aliphatic rings. The summed E-state index contributed by atoms with van der Waals surface area (Å²) < 4.78 is 22.7. The number of rotatable bonds is 4. The van der Waals surface area contributed by atoms with E-state index in [2.05, 4.69) is 5.32 Å². The van der Waals surface area contributed by atoms with Crippen LogP contribution < -0.4 is 5.32 Å². The van der Waals surface area contributed by atoms with E-state index in [9.17, 15) is 22.8 Å². The SMILES string of the molecule is O=C(CCN1C(=O)c2cccc(Cl)c2C1=O)NC1CCS(=O)(=O)C1. The van der Waals surface area contributed by atoms with E-state index >= 15 is 0 Å². The standard InChI is InChI=1S/C15H15ClN2O5S/c16-11-3-1-2-10-13(11)15(21)18(14(10)20)6-4-12(19)17-9-5-7-24(22,23)8-9/h1-3,9H,4-8H2,(H,17,19). The minimum absolute atomic E-state index is 0.0643. The third-order valence-electron chi connectivity index (χ3n) is 4.11. The Morgan fingerprint density at radius 3 is 2.67 bits per heavy atom. The molecule has 1 saturated heterocycles. The van der Waals surface area contributed by atoms with Gasteiger partial charge in [0.1, 0.15) is 0 Å². The highest BCUT2D eigenvalue weighted by atomic mass is 35.5. The molecule has 0 radical (unpaired) electrons. The van der Waals surface area contributed by atoms with E-state index in [4.69, 9.17) is 11.6 Å². The molecule has 2 aliphatic heterocycles. The molecule has 1 aromatic carbocycles. The number of hydrogen-bond donors (Lipinski definition) is 1. The van der Waals surface area contributed by atoms with Crippen molar-refractivity contribution >= 4 is 39.2 Å². The number of sulfone groups is 1. The number of fused-ring (bicyclic) bond motifs is 1. The average molecular weight is 371 g/mol. The number of hydrogen-bond acceptors (Lipinski definition) is 5. The van der Waals surface area contributed by atoms with E-state index in [1.807, 2.05) is 0 Å². The Kier molecular flexibility index (Phi) is 4.35. The van der Waals surface area contributed by atoms with Crippen LogP contribution in [-0.4, -0.2) is 55.1 Å². The zero-order valence-electron chi connectivity index (χ0n) is 12.6. The summed E-state index contributed by atoms with van der Waals surface area (Å²) in [6.45, 7) is -0.0754. The Balaban J connectivity index is 1.60. The molecule has 0 bridgehead atoms. The summed E-state index contributed by atoms with van der Waals surface area (Å²) in [5.74, 6) is -1.39. The number of nitrogens with zero attached hydrogens (tertiary/aromatic N) is 1. The maximum atomic E-state index is 12.3. The van der Waals surface area contributed by atoms with Crippen LogP contribution in [-0.2, 0) is 14.6 Å². The van der Waals surface area contributed by atoms with Crippen LogP contribution in [0.15, 0.2) is 18.2 Å². The van der Waals surface area contributed by atoms with Gasteiger partial charge < -0.3 is 5.32 Å². The molecular formula is C15H15ClN2O5S. The van der Waals surface area contributed by atoms with Crippen LogP contribution >= 0.6 is 11.6 Å². The minimum atomic E-state index is -3.08. The van der Waals surface area contributed by atoms with Gasteiger partial charge in [-0.1, -0.05) is 17.7 Å². The lowest BCUT2D eigenvalue weighted by Gasteiger charge is -2.15. The summed E-state index contributed by atoms with van der Waals surface area (Å²) in [5, 5.41) is 2.83. The van der Waals surface area contributed by atoms with Gasteiger partial charge in [0.2, 0.25) is 5.91 Å². The highest BCUT2D eigenvalue weighted by molar-refractivity contribution is 7.91. The third-order valence-corrected chi connectivity index (χ3v) is 6.19. The van der Waals surface area contributed by atoms with Crippen molar-refractivity contribution in [2.24, 2.45) is 0 Å². The molecule has 1 unspecified atom stereocenters. The second-order valence-corrected chi connectivity index (χ2v) is 8.48. The second-order valence-electron chi connectivity index (χ2n) is 5.84. The molecule has 9 heteroatoms. The maximum absolute atomic E-state index is 12.3. The predicted molar refractivity (Wildman–Crippen MR) is 86.6 cm³/mol. The molecule has 7 nitrogen and oxygen atoms in total. The number of carbonyl (C=O) groups is 3. The number of carbonyl (C=O) groups excluding carboxylic acids is 3. The first-order valence-electron chi connectivity index (χ1n) is 7.43. The van der Waals surface area contributed by atoms with Gasteiger partial charge in [0.05, 0.1) is 27.7 Å². The molecule has 128 valence electrons. The monoisotopic (exact) mass is 370 g/mol. The Bertz CT molecular complexity index is 836. The van der Waals surface area contributed by atoms with Gasteiger partial charge in [0.25, 0.3) is 11.8 Å². The molecule has 1 N–H and O–H groups in total. The van der Waals surface area contributed by atoms with Crippen LogP contribution in [0.25, 0.3) is 0 Å². The molecule has 1 aromatic rings. The van der Waals surface area contributed by atoms with Crippen molar-refractivity contribution in [3.05, 3.63) is 34.3 Å². The topological polar surface area (TPSA) is 101 Å². The summed E-state index contributed by atoms with van der Waals surface area (Å²) >= 11 is 5.96. The quantitative estimate of drug-likeness (QED) is 0.783. The van der Waals surface area contributed by atoms with Crippen molar-refractivity contribution in [1.82, 2.24) is 10.2 Å². The van der Waals surface area contributed by atoms with Crippen LogP contribution in [0.1, 0.15) is 33.6 Å². The van der Waals surface area contributed by atoms with Crippen molar-refractivity contribution in [1.29, 1.82) is 0 Å². The predicted octanol–water partition coefficient (Wildman–Crippen LogP) is 0.629. The van der Waals surface area contributed by atoms with Gasteiger partial charge in [-0.2, -0.15) is 0 Å². The molecule has 0 spiro atoms. The molecule has 3 amide bonds. The molecule has 0 saturated carbocycles. The number of nitrogens with one attached hydrogen (secondary N) is 1. The molecule has 1 fully saturated rings. The summed E-state index contributed by atoms with van der Waals surface area (Å²) in [7, 11) is -3.08. The maximum Gasteiger partial charge on any atom is 0.263 e. The number of amides is 3. The third kappa shape index (κ3) is 3.16. The van der Waals surface area contributed by atoms with Gasteiger partial charge >= 0.3 is 0 Å². The number of imide groups is 1. The lowest BCUT2D eigenvalue weighted by molar-refractivity contribution is -0.121. The Morgan fingerprint density at radius 1 is 1.29 bits per heavy atom. The van der Waals surface area contributed by atoms with E-state index in [-0.39, 0.29) is 46.5 Å². The van der Waals surface area contributed by atoms with Gasteiger partial charge in [-0.3, -0.25) is 19.3 Å². The van der Waals surface area contributed by atoms with Crippen LogP contribution in [0.4, 0.5) is 0 Å². The summed E-state index contributed by atoms with van der Waals surface area (Å²) in [6.07, 6.45) is 0.302. The van der Waals surface area contributed by atoms with Gasteiger partial charge in [-0.05, 0) is 18.6 Å². The Morgan fingerprint density at radius 2 is 2.04 bits per heavy atom. The van der Waals surface area contributed by atoms with Crippen LogP contribution in [0.3, 0.4) is 0 Å². The fraction of sp³-hybridized carbons (Fsp3) is 0.400. The molecule has 2 heterocycles. The Labute approximate surface area is 143 Å². The first kappa shape index (κ1) is 16.9. The van der Waals surface area contributed by atoms with Crippen LogP contribution in [0, 0.1) is 0 Å². The molecular weight excluding hydrogens is 356 g/mol.